The van der Waals surface area contributed by atoms with Crippen molar-refractivity contribution in [3.63, 3.8) is 0 Å². The van der Waals surface area contributed by atoms with Gasteiger partial charge in [0.05, 0.1) is 11.4 Å². The predicted molar refractivity (Wildman–Crippen MR) is 135 cm³/mol. The molecule has 4 aromatic carbocycles. The number of benzene rings is 4. The zero-order valence-corrected chi connectivity index (χ0v) is 18.4. The average molecular weight is 419 g/mol. The van der Waals surface area contributed by atoms with Crippen LogP contribution >= 0.6 is 12.2 Å². The first kappa shape index (κ1) is 19.4. The molecule has 31 heavy (non-hydrogen) atoms. The highest BCUT2D eigenvalue weighted by atomic mass is 32.1. The fourth-order valence-electron chi connectivity index (χ4n) is 4.21. The summed E-state index contributed by atoms with van der Waals surface area (Å²) in [5.74, 6) is 0.839. The molecular weight excluding hydrogens is 396 g/mol. The first-order chi connectivity index (χ1) is 15.1. The average Bonchev–Trinajstić information content (AvgIpc) is 2.96. The molecule has 1 aliphatic heterocycles. The summed E-state index contributed by atoms with van der Waals surface area (Å²) in [7, 11) is 0. The van der Waals surface area contributed by atoms with Gasteiger partial charge in [0.25, 0.3) is 0 Å². The second-order valence-corrected chi connectivity index (χ2v) is 8.13. The molecule has 0 atom stereocenters. The van der Waals surface area contributed by atoms with Crippen LogP contribution in [-0.2, 0) is 0 Å². The summed E-state index contributed by atoms with van der Waals surface area (Å²) >= 11 is 6.09. The molecule has 2 nitrogen and oxygen atoms in total. The maximum atomic E-state index is 6.09. The Morgan fingerprint density at radius 3 is 2.00 bits per heavy atom. The van der Waals surface area contributed by atoms with Gasteiger partial charge in [0, 0.05) is 22.3 Å². The van der Waals surface area contributed by atoms with Crippen LogP contribution in [0.4, 0.5) is 11.4 Å². The van der Waals surface area contributed by atoms with E-state index in [1.165, 1.54) is 22.3 Å². The summed E-state index contributed by atoms with van der Waals surface area (Å²) in [4.78, 5) is 8.09. The van der Waals surface area contributed by atoms with Crippen LogP contribution in [0.25, 0.3) is 11.1 Å². The summed E-state index contributed by atoms with van der Waals surface area (Å²) in [6, 6.07) is 33.2. The van der Waals surface area contributed by atoms with Gasteiger partial charge in [0.1, 0.15) is 10.8 Å². The number of amidine groups is 1. The second-order valence-electron chi connectivity index (χ2n) is 7.75. The van der Waals surface area contributed by atoms with Crippen molar-refractivity contribution in [1.82, 2.24) is 0 Å². The number of thiocarbonyl (C=S) groups is 1. The zero-order valence-electron chi connectivity index (χ0n) is 17.5. The van der Waals surface area contributed by atoms with Gasteiger partial charge in [-0.2, -0.15) is 0 Å². The van der Waals surface area contributed by atoms with Gasteiger partial charge in [-0.05, 0) is 37.1 Å². The van der Waals surface area contributed by atoms with E-state index >= 15 is 0 Å². The smallest absolute Gasteiger partial charge is 0.146 e. The maximum Gasteiger partial charge on any atom is 0.146 e. The SMILES string of the molecule is Cc1cccc2c1-c1c(C)cccc1N(C(=S)c1ccccc1)C(c1ccccc1)=N2. The fraction of sp³-hybridized carbons (Fsp3) is 0.0714. The van der Waals surface area contributed by atoms with Gasteiger partial charge in [-0.15, -0.1) is 0 Å². The molecule has 0 bridgehead atoms. The lowest BCUT2D eigenvalue weighted by atomic mass is 9.93. The van der Waals surface area contributed by atoms with Crippen LogP contribution in [-0.4, -0.2) is 10.8 Å². The van der Waals surface area contributed by atoms with Gasteiger partial charge in [-0.1, -0.05) is 97.1 Å². The normalized spacial score (nSPS) is 12.5. The van der Waals surface area contributed by atoms with Gasteiger partial charge >= 0.3 is 0 Å². The molecule has 4 aromatic rings. The van der Waals surface area contributed by atoms with Crippen LogP contribution in [0.3, 0.4) is 0 Å². The summed E-state index contributed by atoms with van der Waals surface area (Å²) < 4.78 is 0. The minimum atomic E-state index is 0.737. The van der Waals surface area contributed by atoms with Crippen LogP contribution in [0, 0.1) is 13.8 Å². The number of hydrogen-bond acceptors (Lipinski definition) is 2. The standard InChI is InChI=1S/C28H22N2S/c1-19-11-9-17-23-25(19)26-20(2)12-10-18-24(26)30(28(31)22-15-7-4-8-16-22)27(29-23)21-13-5-3-6-14-21/h3-18H,1-2H3. The molecule has 0 saturated heterocycles. The minimum Gasteiger partial charge on any atom is -0.284 e. The number of aryl methyl sites for hydroxylation is 2. The summed E-state index contributed by atoms with van der Waals surface area (Å²) in [6.45, 7) is 4.31. The first-order valence-corrected chi connectivity index (χ1v) is 10.8. The van der Waals surface area contributed by atoms with Crippen LogP contribution in [0.1, 0.15) is 22.3 Å². The molecule has 0 N–H and O–H groups in total. The third kappa shape index (κ3) is 3.37. The van der Waals surface area contributed by atoms with Gasteiger partial charge in [-0.3, -0.25) is 4.90 Å². The number of fused-ring (bicyclic) bond motifs is 3. The van der Waals surface area contributed by atoms with Crippen molar-refractivity contribution in [2.45, 2.75) is 13.8 Å². The van der Waals surface area contributed by atoms with E-state index in [1.54, 1.807) is 0 Å². The van der Waals surface area contributed by atoms with E-state index in [0.29, 0.717) is 0 Å². The molecule has 0 unspecified atom stereocenters. The van der Waals surface area contributed by atoms with Gasteiger partial charge in [0.2, 0.25) is 0 Å². The van der Waals surface area contributed by atoms with Crippen molar-refractivity contribution in [2.75, 3.05) is 4.90 Å². The minimum absolute atomic E-state index is 0.737. The number of nitrogens with zero attached hydrogens (tertiary/aromatic N) is 2. The monoisotopic (exact) mass is 418 g/mol. The van der Waals surface area contributed by atoms with Crippen molar-refractivity contribution in [1.29, 1.82) is 0 Å². The molecule has 0 aromatic heterocycles. The molecule has 1 heterocycles. The lowest BCUT2D eigenvalue weighted by Crippen LogP contribution is -2.37. The van der Waals surface area contributed by atoms with Crippen molar-refractivity contribution in [3.8, 4) is 11.1 Å². The Labute approximate surface area is 188 Å². The Kier molecular flexibility index (Phi) is 4.97. The molecule has 0 spiro atoms. The molecular formula is C28H22N2S. The van der Waals surface area contributed by atoms with E-state index in [4.69, 9.17) is 17.2 Å². The van der Waals surface area contributed by atoms with Crippen LogP contribution in [0.5, 0.6) is 0 Å². The third-order valence-corrected chi connectivity index (χ3v) is 6.10. The molecule has 3 heteroatoms. The van der Waals surface area contributed by atoms with Crippen molar-refractivity contribution in [3.05, 3.63) is 119 Å². The Morgan fingerprint density at radius 1 is 0.677 bits per heavy atom. The molecule has 1 aliphatic rings. The van der Waals surface area contributed by atoms with Crippen LogP contribution in [0.2, 0.25) is 0 Å². The topological polar surface area (TPSA) is 15.6 Å². The highest BCUT2D eigenvalue weighted by Gasteiger charge is 2.29. The predicted octanol–water partition coefficient (Wildman–Crippen LogP) is 7.24. The molecule has 0 aliphatic carbocycles. The largest absolute Gasteiger partial charge is 0.284 e. The Bertz CT molecular complexity index is 1310. The van der Waals surface area contributed by atoms with Crippen LogP contribution < -0.4 is 4.90 Å². The van der Waals surface area contributed by atoms with E-state index in [-0.39, 0.29) is 0 Å². The fourth-order valence-corrected chi connectivity index (χ4v) is 4.53. The lowest BCUT2D eigenvalue weighted by Gasteiger charge is -2.28. The van der Waals surface area contributed by atoms with E-state index in [1.807, 2.05) is 36.4 Å². The number of rotatable bonds is 2. The zero-order chi connectivity index (χ0) is 21.4. The quantitative estimate of drug-likeness (QED) is 0.319. The molecule has 150 valence electrons. The molecule has 0 amide bonds. The number of hydrogen-bond donors (Lipinski definition) is 0. The highest BCUT2D eigenvalue weighted by molar-refractivity contribution is 7.81. The summed E-state index contributed by atoms with van der Waals surface area (Å²) in [5, 5.41) is 0. The van der Waals surface area contributed by atoms with Gasteiger partial charge in [-0.25, -0.2) is 4.99 Å². The third-order valence-electron chi connectivity index (χ3n) is 5.69. The Morgan fingerprint density at radius 2 is 1.29 bits per heavy atom. The molecule has 0 fully saturated rings. The van der Waals surface area contributed by atoms with E-state index in [0.717, 1.165) is 33.3 Å². The molecule has 0 radical (unpaired) electrons. The van der Waals surface area contributed by atoms with Crippen LogP contribution in [0.15, 0.2) is 102 Å². The second kappa shape index (κ2) is 7.93. The van der Waals surface area contributed by atoms with Gasteiger partial charge in [0.15, 0.2) is 0 Å². The van der Waals surface area contributed by atoms with Crippen molar-refractivity contribution >= 4 is 34.4 Å². The maximum absolute atomic E-state index is 6.09. The van der Waals surface area contributed by atoms with Gasteiger partial charge < -0.3 is 0 Å². The first-order valence-electron chi connectivity index (χ1n) is 10.4. The Balaban J connectivity index is 1.87. The highest BCUT2D eigenvalue weighted by Crippen LogP contribution is 2.45. The lowest BCUT2D eigenvalue weighted by molar-refractivity contribution is 1.37. The van der Waals surface area contributed by atoms with E-state index in [2.05, 4.69) is 79.4 Å². The van der Waals surface area contributed by atoms with Crippen molar-refractivity contribution < 1.29 is 0 Å². The number of aliphatic imine (C=N–C) groups is 1. The molecule has 0 saturated carbocycles. The number of anilines is 1. The summed E-state index contributed by atoms with van der Waals surface area (Å²) in [6.07, 6.45) is 0. The van der Waals surface area contributed by atoms with Crippen molar-refractivity contribution in [2.24, 2.45) is 4.99 Å². The van der Waals surface area contributed by atoms with E-state index < -0.39 is 0 Å². The Hall–Kier alpha value is -3.56. The summed E-state index contributed by atoms with van der Waals surface area (Å²) in [5.41, 5.74) is 8.82. The molecule has 5 rings (SSSR count). The van der Waals surface area contributed by atoms with E-state index in [9.17, 15) is 0 Å².